The Morgan fingerprint density at radius 2 is 2.19 bits per heavy atom. The molecule has 1 heterocycles. The number of benzene rings is 1. The van der Waals surface area contributed by atoms with Crippen LogP contribution in [0.2, 0.25) is 0 Å². The molecule has 0 atom stereocenters. The molecule has 0 bridgehead atoms. The zero-order valence-electron chi connectivity index (χ0n) is 11.4. The van der Waals surface area contributed by atoms with Crippen molar-refractivity contribution in [2.45, 2.75) is 25.9 Å². The minimum Gasteiger partial charge on any atom is -0.489 e. The van der Waals surface area contributed by atoms with Gasteiger partial charge in [0, 0.05) is 33.6 Å². The van der Waals surface area contributed by atoms with Crippen LogP contribution in [0.1, 0.15) is 29.5 Å². The summed E-state index contributed by atoms with van der Waals surface area (Å²) in [5, 5.41) is 12.5. The number of ether oxygens (including phenoxy) is 1. The van der Waals surface area contributed by atoms with Gasteiger partial charge in [0.2, 0.25) is 0 Å². The molecule has 3 rings (SSSR count). The zero-order chi connectivity index (χ0) is 14.7. The zero-order valence-corrected chi connectivity index (χ0v) is 13.0. The fourth-order valence-corrected chi connectivity index (χ4v) is 3.01. The number of hydrogen-bond donors (Lipinski definition) is 1. The third kappa shape index (κ3) is 3.08. The molecular weight excluding hydrogens is 332 g/mol. The number of pyridine rings is 1. The van der Waals surface area contributed by atoms with Gasteiger partial charge in [0.25, 0.3) is 0 Å². The fraction of sp³-hybridized carbons (Fsp3) is 0.250. The van der Waals surface area contributed by atoms with Crippen molar-refractivity contribution in [3.05, 3.63) is 57.8 Å². The SMILES string of the molecule is O/N=C1/CCCc2c(OCc3cncc(Br)c3)cccc21. The van der Waals surface area contributed by atoms with Crippen LogP contribution in [0.3, 0.4) is 0 Å². The number of halogens is 1. The van der Waals surface area contributed by atoms with E-state index in [0.717, 1.165) is 51.9 Å². The monoisotopic (exact) mass is 346 g/mol. The second kappa shape index (κ2) is 6.26. The molecule has 1 aromatic heterocycles. The fourth-order valence-electron chi connectivity index (χ4n) is 2.60. The van der Waals surface area contributed by atoms with Gasteiger partial charge in [0.1, 0.15) is 12.4 Å². The Morgan fingerprint density at radius 1 is 1.29 bits per heavy atom. The van der Waals surface area contributed by atoms with Crippen molar-refractivity contribution in [3.63, 3.8) is 0 Å². The lowest BCUT2D eigenvalue weighted by atomic mass is 9.89. The molecule has 0 fully saturated rings. The first kappa shape index (κ1) is 14.1. The third-order valence-electron chi connectivity index (χ3n) is 3.56. The molecule has 1 N–H and O–H groups in total. The Morgan fingerprint density at radius 3 is 3.00 bits per heavy atom. The molecule has 0 aliphatic heterocycles. The number of fused-ring (bicyclic) bond motifs is 1. The van der Waals surface area contributed by atoms with E-state index in [1.807, 2.05) is 24.3 Å². The molecule has 0 amide bonds. The van der Waals surface area contributed by atoms with Crippen LogP contribution in [0.4, 0.5) is 0 Å². The summed E-state index contributed by atoms with van der Waals surface area (Å²) in [6, 6.07) is 7.87. The lowest BCUT2D eigenvalue weighted by molar-refractivity contribution is 0.301. The molecule has 0 unspecified atom stereocenters. The summed E-state index contributed by atoms with van der Waals surface area (Å²) in [6.07, 6.45) is 6.27. The lowest BCUT2D eigenvalue weighted by Crippen LogP contribution is -2.13. The van der Waals surface area contributed by atoms with E-state index in [1.54, 1.807) is 12.4 Å². The van der Waals surface area contributed by atoms with Crippen molar-refractivity contribution < 1.29 is 9.94 Å². The minimum absolute atomic E-state index is 0.467. The average molecular weight is 347 g/mol. The standard InChI is InChI=1S/C16H15BrN2O2/c17-12-7-11(8-18-9-12)10-21-16-6-2-3-13-14(16)4-1-5-15(13)19-20/h2-3,6-9,20H,1,4-5,10H2/b19-15-. The highest BCUT2D eigenvalue weighted by Crippen LogP contribution is 2.30. The van der Waals surface area contributed by atoms with Gasteiger partial charge in [-0.05, 0) is 47.3 Å². The molecule has 4 nitrogen and oxygen atoms in total. The molecule has 5 heteroatoms. The van der Waals surface area contributed by atoms with Crippen LogP contribution in [-0.2, 0) is 13.0 Å². The number of rotatable bonds is 3. The summed E-state index contributed by atoms with van der Waals surface area (Å²) < 4.78 is 6.88. The van der Waals surface area contributed by atoms with E-state index in [4.69, 9.17) is 9.94 Å². The van der Waals surface area contributed by atoms with E-state index in [9.17, 15) is 0 Å². The second-order valence-corrected chi connectivity index (χ2v) is 5.90. The second-order valence-electron chi connectivity index (χ2n) is 4.98. The predicted molar refractivity (Wildman–Crippen MR) is 84.0 cm³/mol. The van der Waals surface area contributed by atoms with Crippen molar-refractivity contribution in [2.75, 3.05) is 0 Å². The first-order valence-corrected chi connectivity index (χ1v) is 7.62. The molecule has 1 aliphatic rings. The predicted octanol–water partition coefficient (Wildman–Crippen LogP) is 3.94. The maximum Gasteiger partial charge on any atom is 0.123 e. The lowest BCUT2D eigenvalue weighted by Gasteiger charge is -2.20. The van der Waals surface area contributed by atoms with E-state index in [2.05, 4.69) is 26.1 Å². The summed E-state index contributed by atoms with van der Waals surface area (Å²) in [6.45, 7) is 0.467. The maximum absolute atomic E-state index is 9.10. The van der Waals surface area contributed by atoms with Gasteiger partial charge in [-0.1, -0.05) is 17.3 Å². The molecule has 1 aliphatic carbocycles. The molecule has 0 radical (unpaired) electrons. The van der Waals surface area contributed by atoms with E-state index in [0.29, 0.717) is 6.61 Å². The quantitative estimate of drug-likeness (QED) is 0.676. The summed E-state index contributed by atoms with van der Waals surface area (Å²) >= 11 is 3.40. The molecular formula is C16H15BrN2O2. The number of oxime groups is 1. The van der Waals surface area contributed by atoms with Crippen molar-refractivity contribution in [2.24, 2.45) is 5.16 Å². The van der Waals surface area contributed by atoms with Gasteiger partial charge in [0.05, 0.1) is 5.71 Å². The molecule has 0 spiro atoms. The highest BCUT2D eigenvalue weighted by Gasteiger charge is 2.19. The summed E-state index contributed by atoms with van der Waals surface area (Å²) in [4.78, 5) is 4.13. The van der Waals surface area contributed by atoms with E-state index >= 15 is 0 Å². The first-order chi connectivity index (χ1) is 10.3. The summed E-state index contributed by atoms with van der Waals surface area (Å²) in [5.74, 6) is 0.855. The van der Waals surface area contributed by atoms with Crippen LogP contribution in [0.25, 0.3) is 0 Å². The smallest absolute Gasteiger partial charge is 0.123 e. The van der Waals surface area contributed by atoms with Gasteiger partial charge in [-0.25, -0.2) is 0 Å². The molecule has 21 heavy (non-hydrogen) atoms. The molecule has 1 aromatic carbocycles. The normalized spacial score (nSPS) is 15.8. The van der Waals surface area contributed by atoms with Crippen LogP contribution in [0, 0.1) is 0 Å². The minimum atomic E-state index is 0.467. The Hall–Kier alpha value is -1.88. The first-order valence-electron chi connectivity index (χ1n) is 6.83. The molecule has 2 aromatic rings. The van der Waals surface area contributed by atoms with Crippen LogP contribution >= 0.6 is 15.9 Å². The van der Waals surface area contributed by atoms with E-state index in [1.165, 1.54) is 0 Å². The maximum atomic E-state index is 9.10. The van der Waals surface area contributed by atoms with Gasteiger partial charge < -0.3 is 9.94 Å². The highest BCUT2D eigenvalue weighted by atomic mass is 79.9. The van der Waals surface area contributed by atoms with Crippen molar-refractivity contribution >= 4 is 21.6 Å². The van der Waals surface area contributed by atoms with Gasteiger partial charge in [-0.15, -0.1) is 0 Å². The Kier molecular flexibility index (Phi) is 4.20. The number of aromatic nitrogens is 1. The van der Waals surface area contributed by atoms with Gasteiger partial charge in [0.15, 0.2) is 0 Å². The van der Waals surface area contributed by atoms with Gasteiger partial charge in [-0.3, -0.25) is 4.98 Å². The third-order valence-corrected chi connectivity index (χ3v) is 3.99. The van der Waals surface area contributed by atoms with Crippen LogP contribution in [0.5, 0.6) is 5.75 Å². The summed E-state index contributed by atoms with van der Waals surface area (Å²) in [5.41, 5.74) is 3.87. The van der Waals surface area contributed by atoms with Crippen molar-refractivity contribution in [1.29, 1.82) is 0 Å². The van der Waals surface area contributed by atoms with Crippen molar-refractivity contribution in [1.82, 2.24) is 4.98 Å². The van der Waals surface area contributed by atoms with Gasteiger partial charge >= 0.3 is 0 Å². The Bertz CT molecular complexity index is 686. The van der Waals surface area contributed by atoms with Gasteiger partial charge in [-0.2, -0.15) is 0 Å². The van der Waals surface area contributed by atoms with E-state index < -0.39 is 0 Å². The largest absolute Gasteiger partial charge is 0.489 e. The van der Waals surface area contributed by atoms with Crippen LogP contribution in [0.15, 0.2) is 46.3 Å². The average Bonchev–Trinajstić information content (AvgIpc) is 2.52. The Labute approximate surface area is 131 Å². The Balaban J connectivity index is 1.83. The van der Waals surface area contributed by atoms with Crippen LogP contribution < -0.4 is 4.74 Å². The highest BCUT2D eigenvalue weighted by molar-refractivity contribution is 9.10. The molecule has 0 saturated heterocycles. The topological polar surface area (TPSA) is 54.7 Å². The van der Waals surface area contributed by atoms with Crippen LogP contribution in [-0.4, -0.2) is 15.9 Å². The summed E-state index contributed by atoms with van der Waals surface area (Å²) in [7, 11) is 0. The number of hydrogen-bond acceptors (Lipinski definition) is 4. The van der Waals surface area contributed by atoms with E-state index in [-0.39, 0.29) is 0 Å². The molecule has 0 saturated carbocycles. The molecule has 108 valence electrons. The van der Waals surface area contributed by atoms with Crippen molar-refractivity contribution in [3.8, 4) is 5.75 Å². The number of nitrogens with zero attached hydrogens (tertiary/aromatic N) is 2.